The second-order valence-corrected chi connectivity index (χ2v) is 7.45. The summed E-state index contributed by atoms with van der Waals surface area (Å²) in [6.07, 6.45) is 6.91. The van der Waals surface area contributed by atoms with Crippen molar-refractivity contribution in [2.75, 3.05) is 0 Å². The zero-order valence-electron chi connectivity index (χ0n) is 14.9. The Hall–Kier alpha value is -2.47. The minimum atomic E-state index is -0.413. The van der Waals surface area contributed by atoms with Gasteiger partial charge in [0.2, 0.25) is 5.91 Å². The number of rotatable bonds is 5. The average molecular weight is 429 g/mol. The molecule has 0 bridgehead atoms. The van der Waals surface area contributed by atoms with Crippen LogP contribution < -0.4 is 10.2 Å². The van der Waals surface area contributed by atoms with Crippen molar-refractivity contribution in [1.82, 2.24) is 5.43 Å². The second kappa shape index (κ2) is 9.46. The lowest BCUT2D eigenvalue weighted by Crippen LogP contribution is -2.28. The number of nitrogens with zero attached hydrogens (tertiary/aromatic N) is 1. The van der Waals surface area contributed by atoms with Crippen LogP contribution in [0.4, 0.5) is 0 Å². The summed E-state index contributed by atoms with van der Waals surface area (Å²) < 4.78 is 6.25. The monoisotopic (exact) mass is 428 g/mol. The van der Waals surface area contributed by atoms with Gasteiger partial charge in [-0.1, -0.05) is 35.2 Å². The molecule has 0 unspecified atom stereocenters. The second-order valence-electron chi connectivity index (χ2n) is 6.53. The molecule has 1 aliphatic carbocycles. The SMILES string of the molecule is O=C(Oc1ccc(/C=N\NC(=O)C2CCCCC2)cc1)c1ccc(Br)cc1. The lowest BCUT2D eigenvalue weighted by molar-refractivity contribution is -0.125. The van der Waals surface area contributed by atoms with E-state index in [2.05, 4.69) is 26.5 Å². The highest BCUT2D eigenvalue weighted by Crippen LogP contribution is 2.23. The van der Waals surface area contributed by atoms with Gasteiger partial charge in [-0.15, -0.1) is 0 Å². The summed E-state index contributed by atoms with van der Waals surface area (Å²) in [5.74, 6) is 0.109. The number of halogens is 1. The Kier molecular flexibility index (Phi) is 6.76. The fourth-order valence-corrected chi connectivity index (χ4v) is 3.26. The van der Waals surface area contributed by atoms with Gasteiger partial charge in [0, 0.05) is 10.4 Å². The Labute approximate surface area is 166 Å². The summed E-state index contributed by atoms with van der Waals surface area (Å²) in [5, 5.41) is 4.03. The number of amides is 1. The first-order valence-corrected chi connectivity index (χ1v) is 9.82. The van der Waals surface area contributed by atoms with Gasteiger partial charge >= 0.3 is 5.97 Å². The summed E-state index contributed by atoms with van der Waals surface area (Å²) in [5.41, 5.74) is 3.90. The van der Waals surface area contributed by atoms with Gasteiger partial charge in [-0.25, -0.2) is 10.2 Å². The molecule has 3 rings (SSSR count). The molecule has 5 nitrogen and oxygen atoms in total. The Bertz CT molecular complexity index is 810. The molecule has 1 saturated carbocycles. The van der Waals surface area contributed by atoms with Crippen molar-refractivity contribution >= 4 is 34.0 Å². The number of hydrogen-bond acceptors (Lipinski definition) is 4. The number of carbonyl (C=O) groups excluding carboxylic acids is 2. The van der Waals surface area contributed by atoms with Crippen LogP contribution >= 0.6 is 15.9 Å². The Balaban J connectivity index is 1.51. The zero-order chi connectivity index (χ0) is 19.1. The quantitative estimate of drug-likeness (QED) is 0.324. The maximum atomic E-state index is 12.1. The molecular formula is C21H21BrN2O3. The molecule has 0 aliphatic heterocycles. The van der Waals surface area contributed by atoms with E-state index in [4.69, 9.17) is 4.74 Å². The standard InChI is InChI=1S/C21H21BrN2O3/c22-18-10-8-17(9-11-18)21(26)27-19-12-6-15(7-13-19)14-23-24-20(25)16-4-2-1-3-5-16/h6-14,16H,1-5H2,(H,24,25)/b23-14-. The van der Waals surface area contributed by atoms with Crippen LogP contribution in [-0.2, 0) is 4.79 Å². The van der Waals surface area contributed by atoms with Gasteiger partial charge in [0.15, 0.2) is 0 Å². The largest absolute Gasteiger partial charge is 0.423 e. The first-order chi connectivity index (χ1) is 13.1. The molecule has 2 aromatic carbocycles. The van der Waals surface area contributed by atoms with Crippen molar-refractivity contribution in [1.29, 1.82) is 0 Å². The van der Waals surface area contributed by atoms with Crippen molar-refractivity contribution in [3.8, 4) is 5.75 Å². The molecule has 0 atom stereocenters. The van der Waals surface area contributed by atoms with Crippen molar-refractivity contribution in [2.24, 2.45) is 11.0 Å². The number of carbonyl (C=O) groups is 2. The highest BCUT2D eigenvalue weighted by Gasteiger charge is 2.20. The predicted molar refractivity (Wildman–Crippen MR) is 108 cm³/mol. The number of hydrazone groups is 1. The third kappa shape index (κ3) is 5.76. The van der Waals surface area contributed by atoms with Crippen molar-refractivity contribution in [3.05, 3.63) is 64.1 Å². The molecule has 0 saturated heterocycles. The highest BCUT2D eigenvalue weighted by atomic mass is 79.9. The first-order valence-electron chi connectivity index (χ1n) is 9.02. The lowest BCUT2D eigenvalue weighted by atomic mass is 9.89. The lowest BCUT2D eigenvalue weighted by Gasteiger charge is -2.19. The van der Waals surface area contributed by atoms with Crippen LogP contribution in [0, 0.1) is 5.92 Å². The number of hydrogen-bond donors (Lipinski definition) is 1. The van der Waals surface area contributed by atoms with Crippen LogP contribution in [0.15, 0.2) is 58.1 Å². The maximum absolute atomic E-state index is 12.1. The van der Waals surface area contributed by atoms with Gasteiger partial charge in [0.25, 0.3) is 0 Å². The highest BCUT2D eigenvalue weighted by molar-refractivity contribution is 9.10. The molecule has 1 fully saturated rings. The van der Waals surface area contributed by atoms with E-state index in [9.17, 15) is 9.59 Å². The summed E-state index contributed by atoms with van der Waals surface area (Å²) >= 11 is 3.33. The molecule has 0 radical (unpaired) electrons. The number of benzene rings is 2. The van der Waals surface area contributed by atoms with E-state index in [1.165, 1.54) is 6.42 Å². The minimum absolute atomic E-state index is 0.00834. The normalized spacial score (nSPS) is 14.9. The van der Waals surface area contributed by atoms with Crippen molar-refractivity contribution < 1.29 is 14.3 Å². The van der Waals surface area contributed by atoms with E-state index in [0.717, 1.165) is 35.7 Å². The van der Waals surface area contributed by atoms with Crippen LogP contribution in [0.1, 0.15) is 48.0 Å². The molecule has 2 aromatic rings. The van der Waals surface area contributed by atoms with Crippen LogP contribution in [0.5, 0.6) is 5.75 Å². The van der Waals surface area contributed by atoms with Gasteiger partial charge in [-0.3, -0.25) is 4.79 Å². The average Bonchev–Trinajstić information content (AvgIpc) is 2.70. The van der Waals surface area contributed by atoms with E-state index in [1.807, 2.05) is 0 Å². The molecule has 1 aliphatic rings. The molecule has 0 heterocycles. The molecule has 1 amide bonds. The molecule has 1 N–H and O–H groups in total. The van der Waals surface area contributed by atoms with Crippen LogP contribution in [0.3, 0.4) is 0 Å². The Morgan fingerprint density at radius 3 is 2.33 bits per heavy atom. The van der Waals surface area contributed by atoms with Gasteiger partial charge in [0.05, 0.1) is 11.8 Å². The number of esters is 1. The third-order valence-electron chi connectivity index (χ3n) is 4.53. The maximum Gasteiger partial charge on any atom is 0.343 e. The minimum Gasteiger partial charge on any atom is -0.423 e. The summed E-state index contributed by atoms with van der Waals surface area (Å²) in [6, 6.07) is 13.9. The Morgan fingerprint density at radius 1 is 1.00 bits per heavy atom. The zero-order valence-corrected chi connectivity index (χ0v) is 16.4. The molecular weight excluding hydrogens is 408 g/mol. The third-order valence-corrected chi connectivity index (χ3v) is 5.06. The van der Waals surface area contributed by atoms with Crippen molar-refractivity contribution in [3.63, 3.8) is 0 Å². The Morgan fingerprint density at radius 2 is 1.67 bits per heavy atom. The fourth-order valence-electron chi connectivity index (χ4n) is 3.00. The van der Waals surface area contributed by atoms with Crippen LogP contribution in [-0.4, -0.2) is 18.1 Å². The first kappa shape index (κ1) is 19.3. The topological polar surface area (TPSA) is 67.8 Å². The van der Waals surface area contributed by atoms with E-state index < -0.39 is 5.97 Å². The van der Waals surface area contributed by atoms with Crippen LogP contribution in [0.25, 0.3) is 0 Å². The smallest absolute Gasteiger partial charge is 0.343 e. The van der Waals surface area contributed by atoms with Gasteiger partial charge in [-0.2, -0.15) is 5.10 Å². The van der Waals surface area contributed by atoms with Gasteiger partial charge < -0.3 is 4.74 Å². The van der Waals surface area contributed by atoms with Gasteiger partial charge in [-0.05, 0) is 66.9 Å². The number of nitrogens with one attached hydrogen (secondary N) is 1. The van der Waals surface area contributed by atoms with E-state index in [1.54, 1.807) is 54.7 Å². The summed E-state index contributed by atoms with van der Waals surface area (Å²) in [4.78, 5) is 24.1. The summed E-state index contributed by atoms with van der Waals surface area (Å²) in [6.45, 7) is 0. The molecule has 6 heteroatoms. The molecule has 0 spiro atoms. The van der Waals surface area contributed by atoms with Crippen molar-refractivity contribution in [2.45, 2.75) is 32.1 Å². The van der Waals surface area contributed by atoms with E-state index in [0.29, 0.717) is 11.3 Å². The van der Waals surface area contributed by atoms with E-state index >= 15 is 0 Å². The van der Waals surface area contributed by atoms with Gasteiger partial charge in [0.1, 0.15) is 5.75 Å². The predicted octanol–water partition coefficient (Wildman–Crippen LogP) is 4.70. The molecule has 140 valence electrons. The summed E-state index contributed by atoms with van der Waals surface area (Å²) in [7, 11) is 0. The molecule has 27 heavy (non-hydrogen) atoms. The van der Waals surface area contributed by atoms with Crippen LogP contribution in [0.2, 0.25) is 0 Å². The van der Waals surface area contributed by atoms with E-state index in [-0.39, 0.29) is 11.8 Å². The number of ether oxygens (including phenoxy) is 1. The molecule has 0 aromatic heterocycles. The fraction of sp³-hybridized carbons (Fsp3) is 0.286.